The smallest absolute Gasteiger partial charge is 0.349 e. The highest BCUT2D eigenvalue weighted by Gasteiger charge is 2.19. The van der Waals surface area contributed by atoms with Crippen molar-refractivity contribution in [2.45, 2.75) is 0 Å². The van der Waals surface area contributed by atoms with E-state index in [9.17, 15) is 14.5 Å². The lowest BCUT2D eigenvalue weighted by atomic mass is 10.3. The molecule has 2 rings (SSSR count). The molecule has 0 fully saturated rings. The van der Waals surface area contributed by atoms with Gasteiger partial charge >= 0.3 is 11.6 Å². The van der Waals surface area contributed by atoms with Crippen LogP contribution in [-0.4, -0.2) is 14.9 Å². The number of aromatic nitrogens is 2. The summed E-state index contributed by atoms with van der Waals surface area (Å²) in [7, 11) is 0. The predicted octanol–water partition coefficient (Wildman–Crippen LogP) is 2.66. The molecule has 0 radical (unpaired) electrons. The molecule has 2 N–H and O–H groups in total. The average molecular weight is 329 g/mol. The normalized spacial score (nSPS) is 10.2. The number of nitrogens with zero attached hydrogens (tertiary/aromatic N) is 3. The van der Waals surface area contributed by atoms with E-state index in [1.54, 1.807) is 0 Å². The van der Waals surface area contributed by atoms with Crippen molar-refractivity contribution in [3.8, 4) is 11.6 Å². The molecule has 98 valence electrons. The zero-order valence-corrected chi connectivity index (χ0v) is 10.8. The first-order valence-electron chi connectivity index (χ1n) is 4.86. The highest BCUT2D eigenvalue weighted by Crippen LogP contribution is 2.30. The number of rotatable bonds is 3. The highest BCUT2D eigenvalue weighted by atomic mass is 79.9. The minimum atomic E-state index is -0.719. The fourth-order valence-electron chi connectivity index (χ4n) is 1.27. The topological polar surface area (TPSA) is 104 Å². The average Bonchev–Trinajstić information content (AvgIpc) is 2.26. The number of ether oxygens (including phenoxy) is 1. The van der Waals surface area contributed by atoms with Gasteiger partial charge in [-0.05, 0) is 12.1 Å². The van der Waals surface area contributed by atoms with Gasteiger partial charge in [-0.25, -0.2) is 9.37 Å². The quantitative estimate of drug-likeness (QED) is 0.686. The monoisotopic (exact) mass is 328 g/mol. The first kappa shape index (κ1) is 13.1. The Morgan fingerprint density at radius 3 is 2.79 bits per heavy atom. The lowest BCUT2D eigenvalue weighted by molar-refractivity contribution is -0.386. The summed E-state index contributed by atoms with van der Waals surface area (Å²) in [6, 6.07) is 3.72. The number of nitro groups is 1. The van der Waals surface area contributed by atoms with Crippen LogP contribution in [0.3, 0.4) is 0 Å². The van der Waals surface area contributed by atoms with Gasteiger partial charge in [0.2, 0.25) is 5.95 Å². The molecule has 0 unspecified atom stereocenters. The zero-order chi connectivity index (χ0) is 14.0. The van der Waals surface area contributed by atoms with Crippen molar-refractivity contribution in [3.05, 3.63) is 44.8 Å². The third kappa shape index (κ3) is 3.13. The lowest BCUT2D eigenvalue weighted by Gasteiger charge is -2.06. The first-order valence-corrected chi connectivity index (χ1v) is 5.66. The van der Waals surface area contributed by atoms with E-state index in [0.717, 1.165) is 12.3 Å². The van der Waals surface area contributed by atoms with Gasteiger partial charge in [-0.2, -0.15) is 4.98 Å². The second kappa shape index (κ2) is 5.14. The van der Waals surface area contributed by atoms with Crippen LogP contribution in [0.1, 0.15) is 0 Å². The van der Waals surface area contributed by atoms with Gasteiger partial charge in [0.1, 0.15) is 17.8 Å². The second-order valence-corrected chi connectivity index (χ2v) is 4.30. The molecule has 7 nitrogen and oxygen atoms in total. The minimum absolute atomic E-state index is 0.0491. The van der Waals surface area contributed by atoms with Crippen molar-refractivity contribution in [2.24, 2.45) is 0 Å². The van der Waals surface area contributed by atoms with E-state index in [-0.39, 0.29) is 17.6 Å². The van der Waals surface area contributed by atoms with Crippen LogP contribution in [0.5, 0.6) is 11.6 Å². The molecule has 1 heterocycles. The summed E-state index contributed by atoms with van der Waals surface area (Å²) in [4.78, 5) is 17.2. The summed E-state index contributed by atoms with van der Waals surface area (Å²) in [5, 5.41) is 10.8. The fraction of sp³-hybridized carbons (Fsp3) is 0. The summed E-state index contributed by atoms with van der Waals surface area (Å²) in [6.45, 7) is 0. The number of hydrogen-bond donors (Lipinski definition) is 1. The van der Waals surface area contributed by atoms with Crippen LogP contribution < -0.4 is 10.5 Å². The maximum Gasteiger partial charge on any atom is 0.349 e. The molecule has 0 saturated heterocycles. The Kier molecular flexibility index (Phi) is 3.56. The number of nitrogens with two attached hydrogens (primary N) is 1. The van der Waals surface area contributed by atoms with Gasteiger partial charge in [-0.3, -0.25) is 10.1 Å². The van der Waals surface area contributed by atoms with E-state index >= 15 is 0 Å². The summed E-state index contributed by atoms with van der Waals surface area (Å²) in [5.74, 6) is -1.05. The SMILES string of the molecule is Nc1ncc([N+](=O)[O-])c(Oc2cc(F)cc(Br)c2)n1. The van der Waals surface area contributed by atoms with Crippen molar-refractivity contribution in [1.29, 1.82) is 0 Å². The third-order valence-corrected chi connectivity index (χ3v) is 2.46. The Morgan fingerprint density at radius 2 is 2.16 bits per heavy atom. The molecule has 19 heavy (non-hydrogen) atoms. The van der Waals surface area contributed by atoms with E-state index in [1.165, 1.54) is 12.1 Å². The predicted molar refractivity (Wildman–Crippen MR) is 67.3 cm³/mol. The number of anilines is 1. The van der Waals surface area contributed by atoms with Crippen LogP contribution in [0, 0.1) is 15.9 Å². The largest absolute Gasteiger partial charge is 0.433 e. The molecule has 1 aromatic carbocycles. The molecule has 0 amide bonds. The van der Waals surface area contributed by atoms with Crippen molar-refractivity contribution >= 4 is 27.6 Å². The molecule has 0 bridgehead atoms. The van der Waals surface area contributed by atoms with Crippen molar-refractivity contribution in [2.75, 3.05) is 5.73 Å². The van der Waals surface area contributed by atoms with Gasteiger partial charge in [0.05, 0.1) is 4.92 Å². The molecule has 0 aliphatic rings. The maximum absolute atomic E-state index is 13.2. The Bertz CT molecular complexity index is 632. The minimum Gasteiger partial charge on any atom is -0.433 e. The highest BCUT2D eigenvalue weighted by molar-refractivity contribution is 9.10. The zero-order valence-electron chi connectivity index (χ0n) is 9.21. The van der Waals surface area contributed by atoms with Crippen LogP contribution >= 0.6 is 15.9 Å². The van der Waals surface area contributed by atoms with Gasteiger partial charge in [-0.15, -0.1) is 0 Å². The van der Waals surface area contributed by atoms with Gasteiger partial charge < -0.3 is 10.5 Å². The Balaban J connectivity index is 2.42. The van der Waals surface area contributed by atoms with E-state index in [4.69, 9.17) is 10.5 Å². The van der Waals surface area contributed by atoms with Gasteiger partial charge in [0.25, 0.3) is 0 Å². The van der Waals surface area contributed by atoms with E-state index in [0.29, 0.717) is 4.47 Å². The van der Waals surface area contributed by atoms with Crippen LogP contribution in [-0.2, 0) is 0 Å². The van der Waals surface area contributed by atoms with Gasteiger partial charge in [0, 0.05) is 10.5 Å². The third-order valence-electron chi connectivity index (χ3n) is 2.00. The lowest BCUT2D eigenvalue weighted by Crippen LogP contribution is -2.01. The molecule has 0 aliphatic heterocycles. The summed E-state index contributed by atoms with van der Waals surface area (Å²) in [6.07, 6.45) is 0.923. The fourth-order valence-corrected chi connectivity index (χ4v) is 1.72. The van der Waals surface area contributed by atoms with Crippen molar-refractivity contribution in [1.82, 2.24) is 9.97 Å². The van der Waals surface area contributed by atoms with E-state index in [1.807, 2.05) is 0 Å². The van der Waals surface area contributed by atoms with Crippen LogP contribution in [0.2, 0.25) is 0 Å². The summed E-state index contributed by atoms with van der Waals surface area (Å²) in [5.41, 5.74) is 4.87. The van der Waals surface area contributed by atoms with Crippen molar-refractivity contribution < 1.29 is 14.1 Å². The number of nitrogen functional groups attached to an aromatic ring is 1. The molecule has 2 aromatic rings. The number of halogens is 2. The molecular weight excluding hydrogens is 323 g/mol. The standard InChI is InChI=1S/C10H6BrFN4O3/c11-5-1-6(12)3-7(2-5)19-9-8(16(17)18)4-14-10(13)15-9/h1-4H,(H2,13,14,15). The number of benzene rings is 1. The van der Waals surface area contributed by atoms with Crippen LogP contribution in [0.25, 0.3) is 0 Å². The maximum atomic E-state index is 13.2. The molecular formula is C10H6BrFN4O3. The second-order valence-electron chi connectivity index (χ2n) is 3.38. The van der Waals surface area contributed by atoms with E-state index in [2.05, 4.69) is 25.9 Å². The van der Waals surface area contributed by atoms with Crippen LogP contribution in [0.4, 0.5) is 16.0 Å². The van der Waals surface area contributed by atoms with Crippen LogP contribution in [0.15, 0.2) is 28.9 Å². The Morgan fingerprint density at radius 1 is 1.42 bits per heavy atom. The van der Waals surface area contributed by atoms with E-state index < -0.39 is 16.4 Å². The molecule has 9 heteroatoms. The summed E-state index contributed by atoms with van der Waals surface area (Å²) >= 11 is 3.08. The Labute approximate surface area is 114 Å². The molecule has 0 spiro atoms. The first-order chi connectivity index (χ1) is 8.95. The van der Waals surface area contributed by atoms with Gasteiger partial charge in [-0.1, -0.05) is 15.9 Å². The Hall–Kier alpha value is -2.29. The molecule has 0 aliphatic carbocycles. The summed E-state index contributed by atoms with van der Waals surface area (Å²) < 4.78 is 18.8. The number of hydrogen-bond acceptors (Lipinski definition) is 6. The van der Waals surface area contributed by atoms with Crippen molar-refractivity contribution in [3.63, 3.8) is 0 Å². The van der Waals surface area contributed by atoms with Gasteiger partial charge in [0.15, 0.2) is 0 Å². The molecule has 0 atom stereocenters. The molecule has 1 aromatic heterocycles. The molecule has 0 saturated carbocycles.